The number of methoxy groups -OCH3 is 1. The highest BCUT2D eigenvalue weighted by Crippen LogP contribution is 2.28. The number of ether oxygens (including phenoxy) is 2. The highest BCUT2D eigenvalue weighted by molar-refractivity contribution is 5.94. The summed E-state index contributed by atoms with van der Waals surface area (Å²) in [7, 11) is 1.53. The summed E-state index contributed by atoms with van der Waals surface area (Å²) in [5.41, 5.74) is 8.08. The molecule has 0 radical (unpaired) electrons. The Morgan fingerprint density at radius 1 is 1.07 bits per heavy atom. The van der Waals surface area contributed by atoms with Crippen LogP contribution in [0.5, 0.6) is 11.5 Å². The van der Waals surface area contributed by atoms with Gasteiger partial charge in [-0.2, -0.15) is 0 Å². The molecule has 0 aliphatic heterocycles. The summed E-state index contributed by atoms with van der Waals surface area (Å²) in [4.78, 5) is 23.3. The van der Waals surface area contributed by atoms with E-state index in [9.17, 15) is 9.59 Å². The zero-order chi connectivity index (χ0) is 19.6. The minimum Gasteiger partial charge on any atom is -0.493 e. The molecule has 27 heavy (non-hydrogen) atoms. The van der Waals surface area contributed by atoms with Crippen molar-refractivity contribution in [2.45, 2.75) is 26.2 Å². The number of nitrogen functional groups attached to an aromatic ring is 1. The SMILES string of the molecule is COc1cc(C(C)=O)ccc1OCCCC(=O)NCCc1ccc(N)cc1. The van der Waals surface area contributed by atoms with E-state index in [1.54, 1.807) is 18.2 Å². The maximum Gasteiger partial charge on any atom is 0.220 e. The van der Waals surface area contributed by atoms with Crippen molar-refractivity contribution in [3.63, 3.8) is 0 Å². The second-order valence-corrected chi connectivity index (χ2v) is 6.22. The van der Waals surface area contributed by atoms with Gasteiger partial charge < -0.3 is 20.5 Å². The number of anilines is 1. The zero-order valence-corrected chi connectivity index (χ0v) is 15.8. The summed E-state index contributed by atoms with van der Waals surface area (Å²) >= 11 is 0. The van der Waals surface area contributed by atoms with Crippen molar-refractivity contribution in [3.05, 3.63) is 53.6 Å². The molecular weight excluding hydrogens is 344 g/mol. The summed E-state index contributed by atoms with van der Waals surface area (Å²) in [5, 5.41) is 2.90. The monoisotopic (exact) mass is 370 g/mol. The number of benzene rings is 2. The van der Waals surface area contributed by atoms with Crippen molar-refractivity contribution in [1.29, 1.82) is 0 Å². The molecule has 0 unspecified atom stereocenters. The predicted molar refractivity (Wildman–Crippen MR) is 105 cm³/mol. The van der Waals surface area contributed by atoms with Gasteiger partial charge in [-0.1, -0.05) is 12.1 Å². The molecule has 144 valence electrons. The highest BCUT2D eigenvalue weighted by Gasteiger charge is 2.09. The molecule has 6 heteroatoms. The van der Waals surface area contributed by atoms with Gasteiger partial charge in [0.1, 0.15) is 0 Å². The Bertz CT molecular complexity index is 772. The Morgan fingerprint density at radius 2 is 1.81 bits per heavy atom. The molecule has 0 saturated carbocycles. The number of hydrogen-bond donors (Lipinski definition) is 2. The molecule has 6 nitrogen and oxygen atoms in total. The zero-order valence-electron chi connectivity index (χ0n) is 15.8. The molecule has 3 N–H and O–H groups in total. The average Bonchev–Trinajstić information content (AvgIpc) is 2.66. The molecule has 2 aromatic carbocycles. The summed E-state index contributed by atoms with van der Waals surface area (Å²) in [6.07, 6.45) is 1.74. The normalized spacial score (nSPS) is 10.3. The number of nitrogens with one attached hydrogen (secondary N) is 1. The molecule has 2 rings (SSSR count). The van der Waals surface area contributed by atoms with Crippen molar-refractivity contribution in [3.8, 4) is 11.5 Å². The fraction of sp³-hybridized carbons (Fsp3) is 0.333. The average molecular weight is 370 g/mol. The molecule has 0 heterocycles. The Kier molecular flexibility index (Phi) is 7.67. The van der Waals surface area contributed by atoms with Gasteiger partial charge in [0.25, 0.3) is 0 Å². The number of carbonyl (C=O) groups is 2. The van der Waals surface area contributed by atoms with Crippen molar-refractivity contribution in [2.75, 3.05) is 26.0 Å². The van der Waals surface area contributed by atoms with Gasteiger partial charge in [0.2, 0.25) is 5.91 Å². The van der Waals surface area contributed by atoms with Crippen LogP contribution >= 0.6 is 0 Å². The molecule has 0 aliphatic carbocycles. The first-order valence-electron chi connectivity index (χ1n) is 8.92. The third-order valence-electron chi connectivity index (χ3n) is 4.09. The molecule has 0 aliphatic rings. The molecule has 1 amide bonds. The molecule has 2 aromatic rings. The first-order valence-corrected chi connectivity index (χ1v) is 8.92. The molecule has 0 atom stereocenters. The lowest BCUT2D eigenvalue weighted by Gasteiger charge is -2.11. The van der Waals surface area contributed by atoms with E-state index >= 15 is 0 Å². The summed E-state index contributed by atoms with van der Waals surface area (Å²) in [6, 6.07) is 12.7. The molecule has 0 saturated heterocycles. The van der Waals surface area contributed by atoms with Crippen molar-refractivity contribution in [2.24, 2.45) is 0 Å². The van der Waals surface area contributed by atoms with E-state index in [4.69, 9.17) is 15.2 Å². The number of nitrogens with two attached hydrogens (primary N) is 1. The first kappa shape index (κ1) is 20.3. The summed E-state index contributed by atoms with van der Waals surface area (Å²) < 4.78 is 10.9. The van der Waals surface area contributed by atoms with Gasteiger partial charge in [-0.15, -0.1) is 0 Å². The van der Waals surface area contributed by atoms with E-state index in [0.717, 1.165) is 17.7 Å². The van der Waals surface area contributed by atoms with Gasteiger partial charge >= 0.3 is 0 Å². The van der Waals surface area contributed by atoms with Crippen LogP contribution in [0.15, 0.2) is 42.5 Å². The van der Waals surface area contributed by atoms with Crippen LogP contribution in [0, 0.1) is 0 Å². The van der Waals surface area contributed by atoms with E-state index in [1.165, 1.54) is 14.0 Å². The Labute approximate surface area is 159 Å². The van der Waals surface area contributed by atoms with Gasteiger partial charge in [-0.3, -0.25) is 9.59 Å². The third-order valence-corrected chi connectivity index (χ3v) is 4.09. The van der Waals surface area contributed by atoms with E-state index in [1.807, 2.05) is 24.3 Å². The van der Waals surface area contributed by atoms with Crippen LogP contribution < -0.4 is 20.5 Å². The largest absolute Gasteiger partial charge is 0.493 e. The van der Waals surface area contributed by atoms with Crippen LogP contribution in [0.2, 0.25) is 0 Å². The van der Waals surface area contributed by atoms with E-state index < -0.39 is 0 Å². The minimum absolute atomic E-state index is 0.00654. The fourth-order valence-corrected chi connectivity index (χ4v) is 2.54. The lowest BCUT2D eigenvalue weighted by Crippen LogP contribution is -2.25. The van der Waals surface area contributed by atoms with E-state index in [-0.39, 0.29) is 11.7 Å². The number of amides is 1. The lowest BCUT2D eigenvalue weighted by atomic mass is 10.1. The van der Waals surface area contributed by atoms with Crippen LogP contribution in [0.4, 0.5) is 5.69 Å². The van der Waals surface area contributed by atoms with Crippen LogP contribution in [-0.2, 0) is 11.2 Å². The number of carbonyl (C=O) groups excluding carboxylic acids is 2. The number of hydrogen-bond acceptors (Lipinski definition) is 5. The molecular formula is C21H26N2O4. The molecule has 0 spiro atoms. The van der Waals surface area contributed by atoms with Crippen LogP contribution in [0.3, 0.4) is 0 Å². The maximum absolute atomic E-state index is 11.9. The van der Waals surface area contributed by atoms with E-state index in [0.29, 0.717) is 43.1 Å². The molecule has 0 fully saturated rings. The quantitative estimate of drug-likeness (QED) is 0.381. The van der Waals surface area contributed by atoms with E-state index in [2.05, 4.69) is 5.32 Å². The van der Waals surface area contributed by atoms with Crippen LogP contribution in [0.1, 0.15) is 35.7 Å². The smallest absolute Gasteiger partial charge is 0.220 e. The van der Waals surface area contributed by atoms with Crippen molar-refractivity contribution >= 4 is 17.4 Å². The fourth-order valence-electron chi connectivity index (χ4n) is 2.54. The number of Topliss-reactive ketones (excluding diaryl/α,β-unsaturated/α-hetero) is 1. The summed E-state index contributed by atoms with van der Waals surface area (Å²) in [5.74, 6) is 1.03. The van der Waals surface area contributed by atoms with Crippen LogP contribution in [-0.4, -0.2) is 32.0 Å². The van der Waals surface area contributed by atoms with Gasteiger partial charge in [0.05, 0.1) is 13.7 Å². The highest BCUT2D eigenvalue weighted by atomic mass is 16.5. The van der Waals surface area contributed by atoms with Gasteiger partial charge in [0.15, 0.2) is 17.3 Å². The Morgan fingerprint density at radius 3 is 2.48 bits per heavy atom. The minimum atomic E-state index is -0.0320. The first-order chi connectivity index (χ1) is 13.0. The number of ketones is 1. The second kappa shape index (κ2) is 10.2. The predicted octanol–water partition coefficient (Wildman–Crippen LogP) is 3.00. The Balaban J connectivity index is 1.68. The topological polar surface area (TPSA) is 90.6 Å². The van der Waals surface area contributed by atoms with Gasteiger partial charge in [-0.05, 0) is 55.7 Å². The van der Waals surface area contributed by atoms with Gasteiger partial charge in [0, 0.05) is 24.2 Å². The molecule has 0 bridgehead atoms. The standard InChI is InChI=1S/C21H26N2O4/c1-15(24)17-7-10-19(20(14-17)26-2)27-13-3-4-21(25)23-12-11-16-5-8-18(22)9-6-16/h5-10,14H,3-4,11-13,22H2,1-2H3,(H,23,25). The number of rotatable bonds is 10. The van der Waals surface area contributed by atoms with Gasteiger partial charge in [-0.25, -0.2) is 0 Å². The van der Waals surface area contributed by atoms with Crippen molar-refractivity contribution in [1.82, 2.24) is 5.32 Å². The van der Waals surface area contributed by atoms with Crippen molar-refractivity contribution < 1.29 is 19.1 Å². The Hall–Kier alpha value is -3.02. The summed E-state index contributed by atoms with van der Waals surface area (Å²) in [6.45, 7) is 2.48. The lowest BCUT2D eigenvalue weighted by molar-refractivity contribution is -0.121. The molecule has 0 aromatic heterocycles. The maximum atomic E-state index is 11.9. The second-order valence-electron chi connectivity index (χ2n) is 6.22. The third kappa shape index (κ3) is 6.66. The van der Waals surface area contributed by atoms with Crippen LogP contribution in [0.25, 0.3) is 0 Å².